The Morgan fingerprint density at radius 2 is 2.00 bits per heavy atom. The van der Waals surface area contributed by atoms with Gasteiger partial charge >= 0.3 is 0 Å². The highest BCUT2D eigenvalue weighted by Gasteiger charge is 2.15. The Hall–Kier alpha value is -1.62. The summed E-state index contributed by atoms with van der Waals surface area (Å²) in [6.45, 7) is 1.89. The Labute approximate surface area is 115 Å². The van der Waals surface area contributed by atoms with Gasteiger partial charge in [-0.25, -0.2) is 9.37 Å². The fourth-order valence-electron chi connectivity index (χ4n) is 2.48. The van der Waals surface area contributed by atoms with Gasteiger partial charge in [-0.15, -0.1) is 11.3 Å². The fourth-order valence-corrected chi connectivity index (χ4v) is 3.05. The van der Waals surface area contributed by atoms with Crippen molar-refractivity contribution >= 4 is 22.2 Å². The highest BCUT2D eigenvalue weighted by Crippen LogP contribution is 2.29. The zero-order valence-electron chi connectivity index (χ0n) is 10.6. The summed E-state index contributed by atoms with van der Waals surface area (Å²) in [7, 11) is 0. The first-order chi connectivity index (χ1) is 9.24. The minimum Gasteiger partial charge on any atom is -0.375 e. The maximum Gasteiger partial charge on any atom is 0.180 e. The Morgan fingerprint density at radius 1 is 1.21 bits per heavy atom. The second-order valence-electron chi connectivity index (χ2n) is 4.78. The number of aromatic nitrogens is 1. The minimum atomic E-state index is -0.175. The summed E-state index contributed by atoms with van der Waals surface area (Å²) in [5.41, 5.74) is 7.83. The van der Waals surface area contributed by atoms with E-state index in [-0.39, 0.29) is 5.82 Å². The summed E-state index contributed by atoms with van der Waals surface area (Å²) in [4.78, 5) is 6.30. The van der Waals surface area contributed by atoms with Crippen molar-refractivity contribution in [3.63, 3.8) is 0 Å². The smallest absolute Gasteiger partial charge is 0.180 e. The molecule has 0 aliphatic carbocycles. The van der Waals surface area contributed by atoms with Crippen LogP contribution in [-0.2, 0) is 0 Å². The molecule has 0 saturated carbocycles. The molecule has 1 saturated heterocycles. The lowest BCUT2D eigenvalue weighted by Gasteiger charge is -2.29. The van der Waals surface area contributed by atoms with Crippen LogP contribution in [0, 0.1) is 5.82 Å². The van der Waals surface area contributed by atoms with E-state index in [2.05, 4.69) is 9.88 Å². The molecule has 0 radical (unpaired) electrons. The van der Waals surface area contributed by atoms with Gasteiger partial charge in [-0.05, 0) is 31.4 Å². The van der Waals surface area contributed by atoms with Crippen LogP contribution >= 0.6 is 11.3 Å². The molecule has 1 aliphatic heterocycles. The van der Waals surface area contributed by atoms with Crippen LogP contribution in [0.25, 0.3) is 11.3 Å². The standard InChI is InChI=1S/C14H16FN3S/c15-11-8-10(12-9-19-14(16)17-12)4-5-13(11)18-6-2-1-3-7-18/h4-5,8-9H,1-3,6-7H2,(H2,16,17). The quantitative estimate of drug-likeness (QED) is 0.913. The number of halogens is 1. The first-order valence-corrected chi connectivity index (χ1v) is 7.38. The third-order valence-corrected chi connectivity index (χ3v) is 4.14. The van der Waals surface area contributed by atoms with Crippen LogP contribution in [-0.4, -0.2) is 18.1 Å². The van der Waals surface area contributed by atoms with E-state index in [1.807, 2.05) is 17.5 Å². The van der Waals surface area contributed by atoms with Crippen molar-refractivity contribution in [3.05, 3.63) is 29.4 Å². The Balaban J connectivity index is 1.89. The van der Waals surface area contributed by atoms with Crippen LogP contribution < -0.4 is 10.6 Å². The van der Waals surface area contributed by atoms with E-state index in [1.165, 1.54) is 17.8 Å². The van der Waals surface area contributed by atoms with Crippen LogP contribution in [0.4, 0.5) is 15.2 Å². The first kappa shape index (κ1) is 12.4. The number of nitrogens with two attached hydrogens (primary N) is 1. The van der Waals surface area contributed by atoms with Gasteiger partial charge in [-0.1, -0.05) is 6.07 Å². The fraction of sp³-hybridized carbons (Fsp3) is 0.357. The van der Waals surface area contributed by atoms with Gasteiger partial charge < -0.3 is 10.6 Å². The number of nitrogen functional groups attached to an aromatic ring is 1. The average Bonchev–Trinajstić information content (AvgIpc) is 2.86. The molecule has 0 bridgehead atoms. The number of rotatable bonds is 2. The van der Waals surface area contributed by atoms with Crippen LogP contribution in [0.5, 0.6) is 0 Å². The van der Waals surface area contributed by atoms with Crippen LogP contribution in [0.3, 0.4) is 0 Å². The van der Waals surface area contributed by atoms with Crippen molar-refractivity contribution < 1.29 is 4.39 Å². The zero-order chi connectivity index (χ0) is 13.2. The molecule has 3 nitrogen and oxygen atoms in total. The number of hydrogen-bond acceptors (Lipinski definition) is 4. The third kappa shape index (κ3) is 2.56. The van der Waals surface area contributed by atoms with Gasteiger partial charge in [-0.3, -0.25) is 0 Å². The van der Waals surface area contributed by atoms with Crippen molar-refractivity contribution in [2.24, 2.45) is 0 Å². The Morgan fingerprint density at radius 3 is 2.63 bits per heavy atom. The molecule has 1 aromatic heterocycles. The Bertz CT molecular complexity index is 576. The summed E-state index contributed by atoms with van der Waals surface area (Å²) in [5.74, 6) is -0.175. The van der Waals surface area contributed by atoms with E-state index in [0.717, 1.165) is 37.2 Å². The maximum absolute atomic E-state index is 14.2. The highest BCUT2D eigenvalue weighted by atomic mass is 32.1. The Kier molecular flexibility index (Phi) is 3.38. The molecular formula is C14H16FN3S. The SMILES string of the molecule is Nc1nc(-c2ccc(N3CCCCC3)c(F)c2)cs1. The maximum atomic E-state index is 14.2. The molecule has 1 aromatic carbocycles. The number of nitrogens with zero attached hydrogens (tertiary/aromatic N) is 2. The van der Waals surface area contributed by atoms with Crippen molar-refractivity contribution in [1.82, 2.24) is 4.98 Å². The molecule has 2 N–H and O–H groups in total. The molecule has 19 heavy (non-hydrogen) atoms. The lowest BCUT2D eigenvalue weighted by molar-refractivity contribution is 0.557. The van der Waals surface area contributed by atoms with E-state index in [4.69, 9.17) is 5.73 Å². The van der Waals surface area contributed by atoms with Crippen molar-refractivity contribution in [2.45, 2.75) is 19.3 Å². The third-order valence-electron chi connectivity index (χ3n) is 3.46. The molecule has 1 fully saturated rings. The van der Waals surface area contributed by atoms with E-state index < -0.39 is 0 Å². The normalized spacial score (nSPS) is 15.7. The van der Waals surface area contributed by atoms with E-state index in [1.54, 1.807) is 6.07 Å². The van der Waals surface area contributed by atoms with Gasteiger partial charge in [-0.2, -0.15) is 0 Å². The van der Waals surface area contributed by atoms with Crippen LogP contribution in [0.15, 0.2) is 23.6 Å². The number of hydrogen-bond donors (Lipinski definition) is 1. The monoisotopic (exact) mass is 277 g/mol. The lowest BCUT2D eigenvalue weighted by atomic mass is 10.1. The van der Waals surface area contributed by atoms with E-state index in [0.29, 0.717) is 10.8 Å². The van der Waals surface area contributed by atoms with Gasteiger partial charge in [0.05, 0.1) is 11.4 Å². The highest BCUT2D eigenvalue weighted by molar-refractivity contribution is 7.13. The van der Waals surface area contributed by atoms with Gasteiger partial charge in [0, 0.05) is 24.0 Å². The second-order valence-corrected chi connectivity index (χ2v) is 5.67. The minimum absolute atomic E-state index is 0.175. The number of thiazole rings is 1. The zero-order valence-corrected chi connectivity index (χ0v) is 11.4. The molecule has 100 valence electrons. The van der Waals surface area contributed by atoms with Gasteiger partial charge in [0.25, 0.3) is 0 Å². The van der Waals surface area contributed by atoms with Gasteiger partial charge in [0.2, 0.25) is 0 Å². The lowest BCUT2D eigenvalue weighted by Crippen LogP contribution is -2.30. The number of anilines is 2. The molecule has 5 heteroatoms. The second kappa shape index (κ2) is 5.17. The first-order valence-electron chi connectivity index (χ1n) is 6.50. The topological polar surface area (TPSA) is 42.1 Å². The summed E-state index contributed by atoms with van der Waals surface area (Å²) in [5, 5.41) is 2.36. The average molecular weight is 277 g/mol. The van der Waals surface area contributed by atoms with Crippen molar-refractivity contribution in [2.75, 3.05) is 23.7 Å². The largest absolute Gasteiger partial charge is 0.375 e. The molecule has 0 atom stereocenters. The summed E-state index contributed by atoms with van der Waals surface area (Å²) in [6, 6.07) is 5.32. The molecule has 0 unspecified atom stereocenters. The molecular weight excluding hydrogens is 261 g/mol. The molecule has 3 rings (SSSR count). The van der Waals surface area contributed by atoms with Gasteiger partial charge in [0.1, 0.15) is 5.82 Å². The van der Waals surface area contributed by atoms with Crippen LogP contribution in [0.2, 0.25) is 0 Å². The molecule has 2 heterocycles. The van der Waals surface area contributed by atoms with E-state index >= 15 is 0 Å². The van der Waals surface area contributed by atoms with Crippen molar-refractivity contribution in [3.8, 4) is 11.3 Å². The number of benzene rings is 1. The predicted molar refractivity (Wildman–Crippen MR) is 78.0 cm³/mol. The van der Waals surface area contributed by atoms with Gasteiger partial charge in [0.15, 0.2) is 5.13 Å². The number of piperidine rings is 1. The summed E-state index contributed by atoms with van der Waals surface area (Å²) < 4.78 is 14.2. The molecule has 0 amide bonds. The van der Waals surface area contributed by atoms with Crippen LogP contribution in [0.1, 0.15) is 19.3 Å². The summed E-state index contributed by atoms with van der Waals surface area (Å²) in [6.07, 6.45) is 3.53. The predicted octanol–water partition coefficient (Wildman–Crippen LogP) is 3.52. The summed E-state index contributed by atoms with van der Waals surface area (Å²) >= 11 is 1.37. The van der Waals surface area contributed by atoms with E-state index in [9.17, 15) is 4.39 Å². The van der Waals surface area contributed by atoms with Crippen molar-refractivity contribution in [1.29, 1.82) is 0 Å². The molecule has 1 aliphatic rings. The molecule has 2 aromatic rings. The molecule has 0 spiro atoms.